The molecule has 1 unspecified atom stereocenters. The zero-order valence-electron chi connectivity index (χ0n) is 26.3. The number of aryl methyl sites for hydroxylation is 2. The number of phenols is 1. The van der Waals surface area contributed by atoms with Crippen LogP contribution in [0.2, 0.25) is 0 Å². The summed E-state index contributed by atoms with van der Waals surface area (Å²) in [5.41, 5.74) is 3.08. The summed E-state index contributed by atoms with van der Waals surface area (Å²) in [7, 11) is 0. The van der Waals surface area contributed by atoms with E-state index < -0.39 is 5.92 Å². The highest BCUT2D eigenvalue weighted by Gasteiger charge is 2.34. The second-order valence-corrected chi connectivity index (χ2v) is 12.8. The maximum Gasteiger partial charge on any atom is 0.343 e. The Morgan fingerprint density at radius 2 is 1.64 bits per heavy atom. The molecular weight excluding hydrogens is 572 g/mol. The van der Waals surface area contributed by atoms with E-state index in [1.807, 2.05) is 66.1 Å². The predicted molar refractivity (Wildman–Crippen MR) is 170 cm³/mol. The molecule has 11 nitrogen and oxygen atoms in total. The summed E-state index contributed by atoms with van der Waals surface area (Å²) in [5, 5.41) is 14.9. The third kappa shape index (κ3) is 6.99. The van der Waals surface area contributed by atoms with E-state index in [9.17, 15) is 19.5 Å². The fraction of sp³-hybridized carbons (Fsp3) is 0.529. The summed E-state index contributed by atoms with van der Waals surface area (Å²) in [6.07, 6.45) is 2.83. The highest BCUT2D eigenvalue weighted by atomic mass is 16.5. The highest BCUT2D eigenvalue weighted by molar-refractivity contribution is 5.86. The van der Waals surface area contributed by atoms with Gasteiger partial charge in [0.2, 0.25) is 11.8 Å². The van der Waals surface area contributed by atoms with E-state index >= 15 is 0 Å². The first-order chi connectivity index (χ1) is 21.8. The van der Waals surface area contributed by atoms with Crippen molar-refractivity contribution in [2.75, 3.05) is 52.5 Å². The van der Waals surface area contributed by atoms with Crippen LogP contribution in [0.15, 0.2) is 47.3 Å². The largest absolute Gasteiger partial charge is 0.507 e. The quantitative estimate of drug-likeness (QED) is 0.399. The number of likely N-dealkylation sites (tertiary alicyclic amines) is 1. The number of carbonyl (C=O) groups is 2. The summed E-state index contributed by atoms with van der Waals surface area (Å²) in [6, 6.07) is 13.7. The number of hydrogen-bond acceptors (Lipinski definition) is 7. The summed E-state index contributed by atoms with van der Waals surface area (Å²) < 4.78 is 7.09. The van der Waals surface area contributed by atoms with Gasteiger partial charge in [-0.2, -0.15) is 0 Å². The number of ether oxygens (including phenoxy) is 1. The molecule has 3 saturated heterocycles. The first kappa shape index (κ1) is 31.0. The number of nitrogens with zero attached hydrogens (tertiary/aromatic N) is 5. The summed E-state index contributed by atoms with van der Waals surface area (Å²) >= 11 is 0. The topological polar surface area (TPSA) is 124 Å². The van der Waals surface area contributed by atoms with Crippen molar-refractivity contribution in [3.8, 4) is 17.1 Å². The van der Waals surface area contributed by atoms with Crippen molar-refractivity contribution in [1.82, 2.24) is 29.5 Å². The van der Waals surface area contributed by atoms with Crippen LogP contribution < -0.4 is 5.69 Å². The molecule has 6 rings (SSSR count). The fourth-order valence-corrected chi connectivity index (χ4v) is 7.08. The number of carbonyl (C=O) groups excluding carboxylic acids is 2. The van der Waals surface area contributed by atoms with Gasteiger partial charge in [-0.15, -0.1) is 5.10 Å². The van der Waals surface area contributed by atoms with Gasteiger partial charge in [-0.25, -0.2) is 9.48 Å². The fourth-order valence-electron chi connectivity index (χ4n) is 7.08. The van der Waals surface area contributed by atoms with Crippen LogP contribution in [0.4, 0.5) is 0 Å². The van der Waals surface area contributed by atoms with Crippen LogP contribution in [0, 0.1) is 19.8 Å². The molecule has 4 heterocycles. The van der Waals surface area contributed by atoms with Gasteiger partial charge in [0.15, 0.2) is 5.82 Å². The van der Waals surface area contributed by atoms with Gasteiger partial charge < -0.3 is 19.6 Å². The summed E-state index contributed by atoms with van der Waals surface area (Å²) in [6.45, 7) is 9.18. The molecule has 240 valence electrons. The molecule has 0 saturated carbocycles. The molecule has 2 amide bonds. The van der Waals surface area contributed by atoms with Gasteiger partial charge in [-0.1, -0.05) is 42.5 Å². The number of H-pyrrole nitrogens is 1. The van der Waals surface area contributed by atoms with Crippen LogP contribution in [0.25, 0.3) is 11.4 Å². The van der Waals surface area contributed by atoms with E-state index in [1.54, 1.807) is 0 Å². The van der Waals surface area contributed by atoms with Gasteiger partial charge in [-0.05, 0) is 56.2 Å². The SMILES string of the molecule is Cc1cc(C[C@@H](CC(=O)N2CCC(n3nc(-c4ccccc4)[nH]c3=O)CC2)C(=O)N2CCN(C3CCOC3)CC2)cc(C)c1O. The lowest BCUT2D eigenvalue weighted by Crippen LogP contribution is -2.53. The Balaban J connectivity index is 1.11. The second-order valence-electron chi connectivity index (χ2n) is 12.8. The Kier molecular flexibility index (Phi) is 9.37. The molecule has 0 bridgehead atoms. The molecule has 2 aromatic carbocycles. The number of phenolic OH excluding ortho intramolecular Hbond substituents is 1. The number of piperidine rings is 1. The first-order valence-electron chi connectivity index (χ1n) is 16.2. The monoisotopic (exact) mass is 616 g/mol. The maximum absolute atomic E-state index is 14.0. The molecule has 3 fully saturated rings. The third-order valence-corrected chi connectivity index (χ3v) is 9.70. The Labute approximate surface area is 263 Å². The average molecular weight is 617 g/mol. The Morgan fingerprint density at radius 1 is 0.956 bits per heavy atom. The molecule has 45 heavy (non-hydrogen) atoms. The normalized spacial score (nSPS) is 20.4. The van der Waals surface area contributed by atoms with E-state index in [4.69, 9.17) is 4.74 Å². The molecule has 1 aromatic heterocycles. The van der Waals surface area contributed by atoms with Crippen LogP contribution in [0.3, 0.4) is 0 Å². The Hall–Kier alpha value is -3.96. The average Bonchev–Trinajstić information content (AvgIpc) is 3.74. The molecular formula is C34H44N6O5. The summed E-state index contributed by atoms with van der Waals surface area (Å²) in [5.74, 6) is 0.278. The van der Waals surface area contributed by atoms with Crippen LogP contribution >= 0.6 is 0 Å². The molecule has 2 atom stereocenters. The third-order valence-electron chi connectivity index (χ3n) is 9.70. The lowest BCUT2D eigenvalue weighted by Gasteiger charge is -2.39. The van der Waals surface area contributed by atoms with Gasteiger partial charge in [0.25, 0.3) is 0 Å². The predicted octanol–water partition coefficient (Wildman–Crippen LogP) is 2.91. The minimum atomic E-state index is -0.498. The number of nitrogens with one attached hydrogen (secondary N) is 1. The maximum atomic E-state index is 14.0. The number of aromatic nitrogens is 3. The van der Waals surface area contributed by atoms with Crippen molar-refractivity contribution in [3.63, 3.8) is 0 Å². The number of benzene rings is 2. The number of rotatable bonds is 8. The van der Waals surface area contributed by atoms with E-state index in [1.165, 1.54) is 4.68 Å². The number of amides is 2. The zero-order chi connectivity index (χ0) is 31.5. The molecule has 3 aromatic rings. The van der Waals surface area contributed by atoms with E-state index in [-0.39, 0.29) is 35.7 Å². The van der Waals surface area contributed by atoms with Gasteiger partial charge in [0, 0.05) is 63.9 Å². The van der Waals surface area contributed by atoms with E-state index in [2.05, 4.69) is 15.0 Å². The number of aromatic hydroxyl groups is 1. The second kappa shape index (κ2) is 13.6. The number of aromatic amines is 1. The Bertz CT molecular complexity index is 1520. The van der Waals surface area contributed by atoms with Crippen molar-refractivity contribution in [2.45, 2.75) is 58.0 Å². The smallest absolute Gasteiger partial charge is 0.343 e. The van der Waals surface area contributed by atoms with Crippen molar-refractivity contribution in [3.05, 3.63) is 69.6 Å². The minimum absolute atomic E-state index is 0.0143. The van der Waals surface area contributed by atoms with E-state index in [0.29, 0.717) is 57.3 Å². The molecule has 0 spiro atoms. The molecule has 11 heteroatoms. The number of piperazine rings is 1. The van der Waals surface area contributed by atoms with Crippen molar-refractivity contribution in [1.29, 1.82) is 0 Å². The van der Waals surface area contributed by atoms with Crippen LogP contribution in [0.1, 0.15) is 48.4 Å². The van der Waals surface area contributed by atoms with Gasteiger partial charge in [0.05, 0.1) is 18.6 Å². The van der Waals surface area contributed by atoms with Crippen LogP contribution in [-0.4, -0.2) is 105 Å². The van der Waals surface area contributed by atoms with Crippen LogP contribution in [0.5, 0.6) is 5.75 Å². The summed E-state index contributed by atoms with van der Waals surface area (Å²) in [4.78, 5) is 49.5. The van der Waals surface area contributed by atoms with Crippen molar-refractivity contribution >= 4 is 11.8 Å². The lowest BCUT2D eigenvalue weighted by atomic mass is 9.91. The highest BCUT2D eigenvalue weighted by Crippen LogP contribution is 2.28. The first-order valence-corrected chi connectivity index (χ1v) is 16.2. The van der Waals surface area contributed by atoms with Crippen molar-refractivity contribution < 1.29 is 19.4 Å². The Morgan fingerprint density at radius 3 is 2.29 bits per heavy atom. The molecule has 3 aliphatic rings. The lowest BCUT2D eigenvalue weighted by molar-refractivity contribution is -0.143. The van der Waals surface area contributed by atoms with E-state index in [0.717, 1.165) is 55.0 Å². The number of hydrogen-bond donors (Lipinski definition) is 2. The minimum Gasteiger partial charge on any atom is -0.507 e. The molecule has 2 N–H and O–H groups in total. The van der Waals surface area contributed by atoms with Gasteiger partial charge in [0.1, 0.15) is 5.75 Å². The van der Waals surface area contributed by atoms with Crippen molar-refractivity contribution in [2.24, 2.45) is 5.92 Å². The van der Waals surface area contributed by atoms with Gasteiger partial charge in [-0.3, -0.25) is 19.5 Å². The molecule has 0 aliphatic carbocycles. The van der Waals surface area contributed by atoms with Crippen LogP contribution in [-0.2, 0) is 20.7 Å². The zero-order valence-corrected chi connectivity index (χ0v) is 26.3. The molecule has 0 radical (unpaired) electrons. The van der Waals surface area contributed by atoms with Gasteiger partial charge >= 0.3 is 5.69 Å². The molecule has 3 aliphatic heterocycles. The standard InChI is InChI=1S/C34H44N6O5/c1-23-18-25(19-24(2)31(23)42)20-27(33(43)39-15-13-37(14-16-39)29-10-17-45-22-29)21-30(41)38-11-8-28(9-12-38)40-34(44)35-32(36-40)26-6-4-3-5-7-26/h3-7,18-19,27-29,42H,8-17,20-22H2,1-2H3,(H,35,36,44)/t27-,29?/m0/s1.